The minimum atomic E-state index is -1.07. The molecule has 0 radical (unpaired) electrons. The van der Waals surface area contributed by atoms with E-state index in [4.69, 9.17) is 9.84 Å². The molecule has 1 aromatic heterocycles. The van der Waals surface area contributed by atoms with E-state index in [9.17, 15) is 9.59 Å². The van der Waals surface area contributed by atoms with E-state index in [-0.39, 0.29) is 18.1 Å². The fraction of sp³-hybridized carbons (Fsp3) is 0.214. The first-order valence-electron chi connectivity index (χ1n) is 6.14. The highest BCUT2D eigenvalue weighted by Gasteiger charge is 2.10. The van der Waals surface area contributed by atoms with Gasteiger partial charge in [0.05, 0.1) is 13.2 Å². The summed E-state index contributed by atoms with van der Waals surface area (Å²) in [6.07, 6.45) is 0. The maximum Gasteiger partial charge on any atom is 0.355 e. The molecule has 1 amide bonds. The molecule has 2 aromatic rings. The quantitative estimate of drug-likeness (QED) is 0.851. The first-order valence-corrected chi connectivity index (χ1v) is 7.02. The highest BCUT2D eigenvalue weighted by molar-refractivity contribution is 7.09. The Morgan fingerprint density at radius 2 is 2.05 bits per heavy atom. The number of carbonyl (C=O) groups excluding carboxylic acids is 1. The Morgan fingerprint density at radius 3 is 2.62 bits per heavy atom. The summed E-state index contributed by atoms with van der Waals surface area (Å²) in [5, 5.41) is 13.5. The number of hydrogen-bond acceptors (Lipinski definition) is 5. The summed E-state index contributed by atoms with van der Waals surface area (Å²) in [4.78, 5) is 26.6. The van der Waals surface area contributed by atoms with E-state index in [1.54, 1.807) is 19.2 Å². The number of carboxylic acid groups (broad SMARTS) is 1. The lowest BCUT2D eigenvalue weighted by Gasteiger charge is -2.04. The van der Waals surface area contributed by atoms with Crippen molar-refractivity contribution in [2.75, 3.05) is 7.11 Å². The Hall–Kier alpha value is -2.25. The standard InChI is InChI=1S/C14H14N2O4S/c1-20-7-9-2-4-10(5-3-9)13(17)15-6-12-16-11(8-21-12)14(18)19/h2-5,8H,6-7H2,1H3,(H,15,17)(H,18,19). The Balaban J connectivity index is 1.92. The van der Waals surface area contributed by atoms with Gasteiger partial charge >= 0.3 is 5.97 Å². The Morgan fingerprint density at radius 1 is 1.33 bits per heavy atom. The maximum absolute atomic E-state index is 11.9. The second kappa shape index (κ2) is 6.96. The number of thiazole rings is 1. The van der Waals surface area contributed by atoms with Crippen molar-refractivity contribution in [2.45, 2.75) is 13.2 Å². The van der Waals surface area contributed by atoms with Crippen LogP contribution >= 0.6 is 11.3 Å². The van der Waals surface area contributed by atoms with E-state index in [1.807, 2.05) is 12.1 Å². The van der Waals surface area contributed by atoms with E-state index >= 15 is 0 Å². The van der Waals surface area contributed by atoms with Crippen LogP contribution in [0.1, 0.15) is 31.4 Å². The van der Waals surface area contributed by atoms with Gasteiger partial charge in [0.15, 0.2) is 5.69 Å². The third kappa shape index (κ3) is 4.11. The van der Waals surface area contributed by atoms with E-state index < -0.39 is 5.97 Å². The van der Waals surface area contributed by atoms with Crippen molar-refractivity contribution in [1.82, 2.24) is 10.3 Å². The number of aromatic nitrogens is 1. The smallest absolute Gasteiger partial charge is 0.355 e. The summed E-state index contributed by atoms with van der Waals surface area (Å²) >= 11 is 1.20. The number of carbonyl (C=O) groups is 2. The summed E-state index contributed by atoms with van der Waals surface area (Å²) in [6, 6.07) is 7.08. The molecule has 0 unspecified atom stereocenters. The molecule has 0 saturated carbocycles. The van der Waals surface area contributed by atoms with Crippen molar-refractivity contribution in [3.63, 3.8) is 0 Å². The molecular weight excluding hydrogens is 292 g/mol. The van der Waals surface area contributed by atoms with Gasteiger partial charge < -0.3 is 15.2 Å². The molecule has 7 heteroatoms. The number of carboxylic acids is 1. The molecule has 21 heavy (non-hydrogen) atoms. The molecule has 1 heterocycles. The molecule has 0 aliphatic carbocycles. The second-order valence-electron chi connectivity index (χ2n) is 4.24. The largest absolute Gasteiger partial charge is 0.476 e. The van der Waals surface area contributed by atoms with Crippen LogP contribution in [-0.4, -0.2) is 29.1 Å². The van der Waals surface area contributed by atoms with Crippen molar-refractivity contribution in [2.24, 2.45) is 0 Å². The van der Waals surface area contributed by atoms with Gasteiger partial charge in [-0.2, -0.15) is 0 Å². The van der Waals surface area contributed by atoms with E-state index in [0.29, 0.717) is 17.2 Å². The predicted octanol–water partition coefficient (Wildman–Crippen LogP) is 1.92. The topological polar surface area (TPSA) is 88.5 Å². The number of rotatable bonds is 6. The van der Waals surface area contributed by atoms with Gasteiger partial charge in [0, 0.05) is 18.1 Å². The number of nitrogens with one attached hydrogen (secondary N) is 1. The third-order valence-electron chi connectivity index (χ3n) is 2.70. The SMILES string of the molecule is COCc1ccc(C(=O)NCc2nc(C(=O)O)cs2)cc1. The van der Waals surface area contributed by atoms with Gasteiger partial charge in [0.25, 0.3) is 5.91 Å². The number of methoxy groups -OCH3 is 1. The first-order chi connectivity index (χ1) is 10.1. The molecule has 0 fully saturated rings. The van der Waals surface area contributed by atoms with E-state index in [2.05, 4.69) is 10.3 Å². The van der Waals surface area contributed by atoms with Gasteiger partial charge in [-0.05, 0) is 17.7 Å². The zero-order valence-electron chi connectivity index (χ0n) is 11.3. The van der Waals surface area contributed by atoms with Crippen molar-refractivity contribution in [3.8, 4) is 0 Å². The molecule has 1 aromatic carbocycles. The van der Waals surface area contributed by atoms with Crippen LogP contribution in [0.15, 0.2) is 29.6 Å². The molecule has 0 atom stereocenters. The van der Waals surface area contributed by atoms with Gasteiger partial charge in [-0.1, -0.05) is 12.1 Å². The van der Waals surface area contributed by atoms with Crippen molar-refractivity contribution in [1.29, 1.82) is 0 Å². The summed E-state index contributed by atoms with van der Waals surface area (Å²) < 4.78 is 5.00. The molecule has 0 aliphatic rings. The number of amides is 1. The summed E-state index contributed by atoms with van der Waals surface area (Å²) in [7, 11) is 1.61. The average molecular weight is 306 g/mol. The van der Waals surface area contributed by atoms with Gasteiger partial charge in [0.2, 0.25) is 0 Å². The zero-order valence-corrected chi connectivity index (χ0v) is 12.1. The summed E-state index contributed by atoms with van der Waals surface area (Å²) in [6.45, 7) is 0.704. The van der Waals surface area contributed by atoms with E-state index in [1.165, 1.54) is 16.7 Å². The number of aromatic carboxylic acids is 1. The first kappa shape index (κ1) is 15.1. The normalized spacial score (nSPS) is 10.3. The van der Waals surface area contributed by atoms with Crippen molar-refractivity contribution in [3.05, 3.63) is 51.5 Å². The molecule has 0 spiro atoms. The molecule has 0 saturated heterocycles. The fourth-order valence-electron chi connectivity index (χ4n) is 1.67. The van der Waals surface area contributed by atoms with Gasteiger partial charge in [-0.25, -0.2) is 9.78 Å². The number of nitrogens with zero attached hydrogens (tertiary/aromatic N) is 1. The molecule has 6 nitrogen and oxygen atoms in total. The predicted molar refractivity (Wildman–Crippen MR) is 77.4 cm³/mol. The molecule has 2 N–H and O–H groups in total. The molecule has 0 bridgehead atoms. The lowest BCUT2D eigenvalue weighted by atomic mass is 10.1. The molecule has 110 valence electrons. The minimum Gasteiger partial charge on any atom is -0.476 e. The van der Waals surface area contributed by atoms with Crippen LogP contribution in [0.2, 0.25) is 0 Å². The molecular formula is C14H14N2O4S. The summed E-state index contributed by atoms with van der Waals surface area (Å²) in [5.41, 5.74) is 1.51. The van der Waals surface area contributed by atoms with Crippen molar-refractivity contribution >= 4 is 23.2 Å². The number of ether oxygens (including phenoxy) is 1. The lowest BCUT2D eigenvalue weighted by molar-refractivity contribution is 0.0691. The minimum absolute atomic E-state index is 0.00633. The zero-order chi connectivity index (χ0) is 15.2. The third-order valence-corrected chi connectivity index (χ3v) is 3.55. The summed E-state index contributed by atoms with van der Waals surface area (Å²) in [5.74, 6) is -1.30. The van der Waals surface area contributed by atoms with Crippen LogP contribution in [0.5, 0.6) is 0 Å². The van der Waals surface area contributed by atoms with E-state index in [0.717, 1.165) is 5.56 Å². The van der Waals surface area contributed by atoms with Gasteiger partial charge in [0.1, 0.15) is 5.01 Å². The van der Waals surface area contributed by atoms with Crippen LogP contribution in [0.4, 0.5) is 0 Å². The fourth-order valence-corrected chi connectivity index (χ4v) is 2.38. The monoisotopic (exact) mass is 306 g/mol. The van der Waals surface area contributed by atoms with Gasteiger partial charge in [-0.15, -0.1) is 11.3 Å². The molecule has 0 aliphatic heterocycles. The van der Waals surface area contributed by atoms with Crippen molar-refractivity contribution < 1.29 is 19.4 Å². The van der Waals surface area contributed by atoms with Crippen LogP contribution in [0.3, 0.4) is 0 Å². The van der Waals surface area contributed by atoms with Crippen LogP contribution in [0.25, 0.3) is 0 Å². The van der Waals surface area contributed by atoms with Crippen LogP contribution in [-0.2, 0) is 17.9 Å². The highest BCUT2D eigenvalue weighted by atomic mass is 32.1. The Labute approximate surface area is 125 Å². The highest BCUT2D eigenvalue weighted by Crippen LogP contribution is 2.10. The second-order valence-corrected chi connectivity index (χ2v) is 5.19. The van der Waals surface area contributed by atoms with Gasteiger partial charge in [-0.3, -0.25) is 4.79 Å². The van der Waals surface area contributed by atoms with Crippen LogP contribution in [0, 0.1) is 0 Å². The lowest BCUT2D eigenvalue weighted by Crippen LogP contribution is -2.22. The van der Waals surface area contributed by atoms with Crippen LogP contribution < -0.4 is 5.32 Å². The number of hydrogen-bond donors (Lipinski definition) is 2. The average Bonchev–Trinajstić information content (AvgIpc) is 2.95. The maximum atomic E-state index is 11.9. The molecule has 2 rings (SSSR count). The Kier molecular flexibility index (Phi) is 5.02. The number of benzene rings is 1. The Bertz CT molecular complexity index is 637.